The van der Waals surface area contributed by atoms with Gasteiger partial charge in [0.05, 0.1) is 17.9 Å². The molecule has 1 fully saturated rings. The van der Waals surface area contributed by atoms with E-state index in [1.54, 1.807) is 6.20 Å². The molecule has 18 heavy (non-hydrogen) atoms. The Morgan fingerprint density at radius 1 is 1.17 bits per heavy atom. The van der Waals surface area contributed by atoms with Crippen LogP contribution in [-0.4, -0.2) is 37.6 Å². The van der Waals surface area contributed by atoms with Crippen molar-refractivity contribution in [3.63, 3.8) is 0 Å². The predicted octanol–water partition coefficient (Wildman–Crippen LogP) is -1.03. The second-order valence-electron chi connectivity index (χ2n) is 4.36. The van der Waals surface area contributed by atoms with E-state index in [-0.39, 0.29) is 0 Å². The summed E-state index contributed by atoms with van der Waals surface area (Å²) in [6.45, 7) is 1.93. The number of aromatic nitrogens is 5. The van der Waals surface area contributed by atoms with Gasteiger partial charge in [0.15, 0.2) is 0 Å². The summed E-state index contributed by atoms with van der Waals surface area (Å²) in [5.74, 6) is 0. The third-order valence-electron chi connectivity index (χ3n) is 3.21. The molecule has 2 aromatic heterocycles. The van der Waals surface area contributed by atoms with E-state index in [2.05, 4.69) is 20.6 Å². The molecule has 1 aliphatic heterocycles. The molecule has 0 bridgehead atoms. The van der Waals surface area contributed by atoms with Crippen LogP contribution in [0.1, 0.15) is 18.9 Å². The van der Waals surface area contributed by atoms with Crippen LogP contribution in [0.15, 0.2) is 22.0 Å². The van der Waals surface area contributed by atoms with Crippen molar-refractivity contribution in [3.05, 3.63) is 33.4 Å². The molecular weight excluding hydrogens is 236 g/mol. The molecule has 8 heteroatoms. The van der Waals surface area contributed by atoms with E-state index in [9.17, 15) is 9.59 Å². The van der Waals surface area contributed by atoms with Crippen LogP contribution in [0.4, 0.5) is 0 Å². The summed E-state index contributed by atoms with van der Waals surface area (Å²) < 4.78 is 2.86. The van der Waals surface area contributed by atoms with E-state index in [4.69, 9.17) is 0 Å². The zero-order valence-electron chi connectivity index (χ0n) is 9.72. The van der Waals surface area contributed by atoms with Crippen molar-refractivity contribution in [1.82, 2.24) is 29.9 Å². The number of nitrogens with zero attached hydrogens (tertiary/aromatic N) is 3. The van der Waals surface area contributed by atoms with Crippen LogP contribution >= 0.6 is 0 Å². The van der Waals surface area contributed by atoms with Gasteiger partial charge in [-0.05, 0) is 25.9 Å². The molecule has 0 radical (unpaired) electrons. The van der Waals surface area contributed by atoms with Gasteiger partial charge >= 0.3 is 11.4 Å². The smallest absolute Gasteiger partial charge is 0.317 e. The zero-order valence-corrected chi connectivity index (χ0v) is 9.72. The van der Waals surface area contributed by atoms with Gasteiger partial charge in [-0.25, -0.2) is 24.4 Å². The van der Waals surface area contributed by atoms with Gasteiger partial charge in [0, 0.05) is 6.20 Å². The highest BCUT2D eigenvalue weighted by atomic mass is 16.2. The van der Waals surface area contributed by atoms with Crippen LogP contribution in [0.2, 0.25) is 0 Å². The Kier molecular flexibility index (Phi) is 2.63. The van der Waals surface area contributed by atoms with E-state index in [0.29, 0.717) is 11.7 Å². The van der Waals surface area contributed by atoms with Crippen molar-refractivity contribution in [2.75, 3.05) is 13.1 Å². The third-order valence-corrected chi connectivity index (χ3v) is 3.21. The fraction of sp³-hybridized carbons (Fsp3) is 0.500. The second-order valence-corrected chi connectivity index (χ2v) is 4.36. The molecule has 1 aliphatic rings. The molecule has 0 unspecified atom stereocenters. The van der Waals surface area contributed by atoms with Gasteiger partial charge in [0.1, 0.15) is 0 Å². The standard InChI is InChI=1S/C10H14N6O2/c17-9-13-14-10(18)16(9)8-5-12-15(6-8)7-1-3-11-4-2-7/h5-7,11H,1-4H2,(H,13,17)(H,14,18). The Morgan fingerprint density at radius 3 is 2.50 bits per heavy atom. The van der Waals surface area contributed by atoms with Gasteiger partial charge in [-0.15, -0.1) is 0 Å². The average Bonchev–Trinajstić information content (AvgIpc) is 2.98. The van der Waals surface area contributed by atoms with E-state index < -0.39 is 11.4 Å². The van der Waals surface area contributed by atoms with E-state index in [0.717, 1.165) is 30.5 Å². The number of nitrogens with one attached hydrogen (secondary N) is 3. The Bertz CT molecular complexity index is 614. The lowest BCUT2D eigenvalue weighted by Gasteiger charge is -2.22. The average molecular weight is 250 g/mol. The van der Waals surface area contributed by atoms with Crippen molar-refractivity contribution >= 4 is 0 Å². The molecule has 2 aromatic rings. The highest BCUT2D eigenvalue weighted by molar-refractivity contribution is 5.24. The molecule has 0 spiro atoms. The van der Waals surface area contributed by atoms with Gasteiger partial charge in [-0.3, -0.25) is 4.68 Å². The van der Waals surface area contributed by atoms with Gasteiger partial charge in [0.2, 0.25) is 0 Å². The minimum atomic E-state index is -0.482. The lowest BCUT2D eigenvalue weighted by atomic mass is 10.1. The maximum Gasteiger partial charge on any atom is 0.349 e. The van der Waals surface area contributed by atoms with Crippen molar-refractivity contribution in [1.29, 1.82) is 0 Å². The summed E-state index contributed by atoms with van der Waals surface area (Å²) in [5, 5.41) is 12.0. The molecule has 0 atom stereocenters. The summed E-state index contributed by atoms with van der Waals surface area (Å²) in [6, 6.07) is 0.328. The molecule has 3 rings (SSSR count). The van der Waals surface area contributed by atoms with Crippen molar-refractivity contribution in [2.24, 2.45) is 0 Å². The number of aromatic amines is 2. The SMILES string of the molecule is O=c1[nH][nH]c(=O)n1-c1cnn(C2CCNCC2)c1. The largest absolute Gasteiger partial charge is 0.349 e. The van der Waals surface area contributed by atoms with Gasteiger partial charge in [-0.2, -0.15) is 5.10 Å². The first kappa shape index (κ1) is 11.0. The minimum absolute atomic E-state index is 0.328. The molecule has 3 N–H and O–H groups in total. The van der Waals surface area contributed by atoms with E-state index in [1.807, 2.05) is 4.68 Å². The minimum Gasteiger partial charge on any atom is -0.317 e. The molecule has 1 saturated heterocycles. The Morgan fingerprint density at radius 2 is 1.83 bits per heavy atom. The first-order chi connectivity index (χ1) is 8.75. The molecule has 96 valence electrons. The van der Waals surface area contributed by atoms with Crippen LogP contribution in [0.25, 0.3) is 5.69 Å². The molecule has 0 aromatic carbocycles. The molecule has 0 aliphatic carbocycles. The molecule has 8 nitrogen and oxygen atoms in total. The van der Waals surface area contributed by atoms with Gasteiger partial charge < -0.3 is 5.32 Å². The summed E-state index contributed by atoms with van der Waals surface area (Å²) in [4.78, 5) is 22.9. The fourth-order valence-electron chi connectivity index (χ4n) is 2.26. The molecule has 3 heterocycles. The summed E-state index contributed by atoms with van der Waals surface area (Å²) in [6.07, 6.45) is 5.27. The number of piperidine rings is 1. The number of H-pyrrole nitrogens is 2. The Balaban J connectivity index is 1.94. The van der Waals surface area contributed by atoms with E-state index in [1.165, 1.54) is 6.20 Å². The highest BCUT2D eigenvalue weighted by Crippen LogP contribution is 2.18. The Labute approximate surface area is 102 Å². The predicted molar refractivity (Wildman–Crippen MR) is 63.9 cm³/mol. The van der Waals surface area contributed by atoms with Gasteiger partial charge in [-0.1, -0.05) is 0 Å². The molecular formula is C10H14N6O2. The van der Waals surface area contributed by atoms with Gasteiger partial charge in [0.25, 0.3) is 0 Å². The normalized spacial score (nSPS) is 17.1. The van der Waals surface area contributed by atoms with Crippen LogP contribution in [0, 0.1) is 0 Å². The maximum absolute atomic E-state index is 11.5. The Hall–Kier alpha value is -2.09. The van der Waals surface area contributed by atoms with Crippen molar-refractivity contribution < 1.29 is 0 Å². The summed E-state index contributed by atoms with van der Waals surface area (Å²) in [5.41, 5.74) is -0.476. The van der Waals surface area contributed by atoms with Crippen LogP contribution in [-0.2, 0) is 0 Å². The van der Waals surface area contributed by atoms with Crippen molar-refractivity contribution in [3.8, 4) is 5.69 Å². The van der Waals surface area contributed by atoms with Crippen LogP contribution < -0.4 is 16.7 Å². The lowest BCUT2D eigenvalue weighted by molar-refractivity contribution is 0.343. The summed E-state index contributed by atoms with van der Waals surface area (Å²) in [7, 11) is 0. The van der Waals surface area contributed by atoms with E-state index >= 15 is 0 Å². The number of hydrogen-bond acceptors (Lipinski definition) is 4. The highest BCUT2D eigenvalue weighted by Gasteiger charge is 2.17. The number of rotatable bonds is 2. The first-order valence-corrected chi connectivity index (χ1v) is 5.90. The number of hydrogen-bond donors (Lipinski definition) is 3. The fourth-order valence-corrected chi connectivity index (χ4v) is 2.26. The molecule has 0 amide bonds. The third kappa shape index (κ3) is 1.80. The van der Waals surface area contributed by atoms with Crippen molar-refractivity contribution in [2.45, 2.75) is 18.9 Å². The second kappa shape index (κ2) is 4.30. The lowest BCUT2D eigenvalue weighted by Crippen LogP contribution is -2.29. The maximum atomic E-state index is 11.5. The monoisotopic (exact) mass is 250 g/mol. The van der Waals surface area contributed by atoms with Crippen LogP contribution in [0.3, 0.4) is 0 Å². The quantitative estimate of drug-likeness (QED) is 0.634. The molecule has 0 saturated carbocycles. The topological polar surface area (TPSA) is 100 Å². The first-order valence-electron chi connectivity index (χ1n) is 5.90. The van der Waals surface area contributed by atoms with Crippen LogP contribution in [0.5, 0.6) is 0 Å². The summed E-state index contributed by atoms with van der Waals surface area (Å²) >= 11 is 0. The zero-order chi connectivity index (χ0) is 12.5.